The number of hydrogen-bond donors (Lipinski definition) is 2. The quantitative estimate of drug-likeness (QED) is 0.582. The summed E-state index contributed by atoms with van der Waals surface area (Å²) in [5.74, 6) is -1.63. The molecule has 0 saturated carbocycles. The number of carboxylic acid groups (broad SMARTS) is 1. The van der Waals surface area contributed by atoms with Gasteiger partial charge in [-0.1, -0.05) is 48.5 Å². The number of amides is 1. The van der Waals surface area contributed by atoms with E-state index < -0.39 is 35.7 Å². The number of carbonyl (C=O) groups is 2. The van der Waals surface area contributed by atoms with Crippen LogP contribution in [0.4, 0.5) is 23.7 Å². The van der Waals surface area contributed by atoms with Gasteiger partial charge in [0.05, 0.1) is 11.9 Å². The molecule has 0 saturated heterocycles. The molecule has 0 radical (unpaired) electrons. The molecule has 32 heavy (non-hydrogen) atoms. The SMILES string of the molecule is CC(C(=O)O)n1cc(NC(=O)OCC2c3ccccc3-c3ccccc32)c(C(F)(F)F)n1. The van der Waals surface area contributed by atoms with Gasteiger partial charge in [0.25, 0.3) is 0 Å². The van der Waals surface area contributed by atoms with Gasteiger partial charge in [0, 0.05) is 5.92 Å². The number of benzene rings is 2. The summed E-state index contributed by atoms with van der Waals surface area (Å²) in [5, 5.41) is 14.4. The van der Waals surface area contributed by atoms with Gasteiger partial charge in [-0.05, 0) is 29.2 Å². The van der Waals surface area contributed by atoms with Crippen LogP contribution in [0.1, 0.15) is 35.7 Å². The van der Waals surface area contributed by atoms with E-state index in [1.165, 1.54) is 6.92 Å². The third kappa shape index (κ3) is 3.91. The lowest BCUT2D eigenvalue weighted by atomic mass is 9.98. The highest BCUT2D eigenvalue weighted by molar-refractivity contribution is 5.86. The van der Waals surface area contributed by atoms with Crippen molar-refractivity contribution in [2.45, 2.75) is 25.1 Å². The molecule has 0 bridgehead atoms. The Labute approximate surface area is 180 Å². The van der Waals surface area contributed by atoms with Crippen molar-refractivity contribution in [1.82, 2.24) is 9.78 Å². The second-order valence-corrected chi connectivity index (χ2v) is 7.33. The second kappa shape index (κ2) is 8.03. The average Bonchev–Trinajstić information content (AvgIpc) is 3.31. The van der Waals surface area contributed by atoms with Crippen LogP contribution in [-0.4, -0.2) is 33.6 Å². The van der Waals surface area contributed by atoms with Crippen molar-refractivity contribution in [3.8, 4) is 11.1 Å². The molecule has 10 heteroatoms. The molecule has 1 heterocycles. The van der Waals surface area contributed by atoms with E-state index >= 15 is 0 Å². The first-order valence-electron chi connectivity index (χ1n) is 9.68. The van der Waals surface area contributed by atoms with E-state index in [0.717, 1.165) is 28.5 Å². The lowest BCUT2D eigenvalue weighted by Crippen LogP contribution is -2.19. The van der Waals surface area contributed by atoms with Crippen molar-refractivity contribution >= 4 is 17.7 Å². The van der Waals surface area contributed by atoms with Crippen molar-refractivity contribution in [2.24, 2.45) is 0 Å². The van der Waals surface area contributed by atoms with E-state index in [9.17, 15) is 22.8 Å². The molecule has 1 aromatic heterocycles. The van der Waals surface area contributed by atoms with Gasteiger partial charge in [0.1, 0.15) is 12.6 Å². The number of carbonyl (C=O) groups excluding carboxylic acids is 1. The number of aliphatic carboxylic acids is 1. The van der Waals surface area contributed by atoms with Crippen LogP contribution in [-0.2, 0) is 15.7 Å². The molecule has 166 valence electrons. The fourth-order valence-electron chi connectivity index (χ4n) is 3.75. The molecule has 4 rings (SSSR count). The van der Waals surface area contributed by atoms with Gasteiger partial charge in [-0.15, -0.1) is 0 Å². The van der Waals surface area contributed by atoms with E-state index in [0.29, 0.717) is 4.68 Å². The predicted molar refractivity (Wildman–Crippen MR) is 108 cm³/mol. The summed E-state index contributed by atoms with van der Waals surface area (Å²) in [6.45, 7) is 1.09. The van der Waals surface area contributed by atoms with E-state index in [1.807, 2.05) is 53.8 Å². The molecular weight excluding hydrogens is 427 g/mol. The highest BCUT2D eigenvalue weighted by Gasteiger charge is 2.39. The first kappa shape index (κ1) is 21.4. The van der Waals surface area contributed by atoms with Crippen molar-refractivity contribution in [3.63, 3.8) is 0 Å². The lowest BCUT2D eigenvalue weighted by molar-refractivity contribution is -0.144. The van der Waals surface area contributed by atoms with E-state index in [1.54, 1.807) is 0 Å². The van der Waals surface area contributed by atoms with Crippen LogP contribution in [0.3, 0.4) is 0 Å². The number of carboxylic acids is 1. The molecule has 1 aliphatic rings. The molecular formula is C22H18F3N3O4. The predicted octanol–water partition coefficient (Wildman–Crippen LogP) is 4.91. The summed E-state index contributed by atoms with van der Waals surface area (Å²) in [5.41, 5.74) is 1.86. The topological polar surface area (TPSA) is 93.5 Å². The molecule has 1 amide bonds. The summed E-state index contributed by atoms with van der Waals surface area (Å²) in [6.07, 6.45) is -5.17. The Balaban J connectivity index is 1.52. The summed E-state index contributed by atoms with van der Waals surface area (Å²) < 4.78 is 45.9. The number of nitrogens with one attached hydrogen (secondary N) is 1. The second-order valence-electron chi connectivity index (χ2n) is 7.33. The number of ether oxygens (including phenoxy) is 1. The Morgan fingerprint density at radius 3 is 2.22 bits per heavy atom. The third-order valence-electron chi connectivity index (χ3n) is 5.34. The summed E-state index contributed by atoms with van der Waals surface area (Å²) in [4.78, 5) is 23.4. The van der Waals surface area contributed by atoms with Crippen LogP contribution in [0, 0.1) is 0 Å². The van der Waals surface area contributed by atoms with Crippen molar-refractivity contribution in [1.29, 1.82) is 0 Å². The zero-order valence-corrected chi connectivity index (χ0v) is 16.8. The number of rotatable bonds is 5. The maximum atomic E-state index is 13.3. The van der Waals surface area contributed by atoms with Crippen molar-refractivity contribution in [3.05, 3.63) is 71.5 Å². The van der Waals surface area contributed by atoms with E-state index in [2.05, 4.69) is 5.10 Å². The number of hydrogen-bond acceptors (Lipinski definition) is 4. The summed E-state index contributed by atoms with van der Waals surface area (Å²) in [7, 11) is 0. The molecule has 2 N–H and O–H groups in total. The lowest BCUT2D eigenvalue weighted by Gasteiger charge is -2.14. The average molecular weight is 445 g/mol. The smallest absolute Gasteiger partial charge is 0.437 e. The fourth-order valence-corrected chi connectivity index (χ4v) is 3.75. The first-order valence-corrected chi connectivity index (χ1v) is 9.68. The van der Waals surface area contributed by atoms with Crippen LogP contribution in [0.15, 0.2) is 54.7 Å². The van der Waals surface area contributed by atoms with Crippen LogP contribution >= 0.6 is 0 Å². The largest absolute Gasteiger partial charge is 0.480 e. The van der Waals surface area contributed by atoms with Gasteiger partial charge in [-0.25, -0.2) is 9.59 Å². The molecule has 1 aliphatic carbocycles. The number of fused-ring (bicyclic) bond motifs is 3. The van der Waals surface area contributed by atoms with Crippen LogP contribution < -0.4 is 5.32 Å². The minimum atomic E-state index is -4.89. The third-order valence-corrected chi connectivity index (χ3v) is 5.34. The Morgan fingerprint density at radius 1 is 1.12 bits per heavy atom. The van der Waals surface area contributed by atoms with Gasteiger partial charge in [-0.3, -0.25) is 10.00 Å². The molecule has 0 fully saturated rings. The number of halogens is 3. The zero-order valence-electron chi connectivity index (χ0n) is 16.8. The Hall–Kier alpha value is -3.82. The van der Waals surface area contributed by atoms with Gasteiger partial charge in [0.2, 0.25) is 0 Å². The van der Waals surface area contributed by atoms with Gasteiger partial charge >= 0.3 is 18.2 Å². The molecule has 2 aromatic carbocycles. The van der Waals surface area contributed by atoms with Crippen LogP contribution in [0.25, 0.3) is 11.1 Å². The Morgan fingerprint density at radius 2 is 1.69 bits per heavy atom. The van der Waals surface area contributed by atoms with Crippen LogP contribution in [0.5, 0.6) is 0 Å². The molecule has 3 aromatic rings. The molecule has 1 atom stereocenters. The van der Waals surface area contributed by atoms with Gasteiger partial charge in [-0.2, -0.15) is 18.3 Å². The molecule has 0 aliphatic heterocycles. The maximum absolute atomic E-state index is 13.3. The number of alkyl halides is 3. The van der Waals surface area contributed by atoms with Crippen molar-refractivity contribution < 1.29 is 32.6 Å². The highest BCUT2D eigenvalue weighted by Crippen LogP contribution is 2.44. The van der Waals surface area contributed by atoms with E-state index in [4.69, 9.17) is 9.84 Å². The minimum Gasteiger partial charge on any atom is -0.480 e. The zero-order chi connectivity index (χ0) is 23.0. The summed E-state index contributed by atoms with van der Waals surface area (Å²) >= 11 is 0. The minimum absolute atomic E-state index is 0.0825. The standard InChI is InChI=1S/C22H18F3N3O4/c1-12(20(29)30)28-10-18(19(27-28)22(23,24)25)26-21(31)32-11-17-15-8-4-2-6-13(15)14-7-3-5-9-16(14)17/h2-10,12,17H,11H2,1H3,(H,26,31)(H,29,30). The van der Waals surface area contributed by atoms with E-state index in [-0.39, 0.29) is 12.5 Å². The van der Waals surface area contributed by atoms with Gasteiger partial charge < -0.3 is 9.84 Å². The molecule has 7 nitrogen and oxygen atoms in total. The maximum Gasteiger partial charge on any atom is 0.437 e. The molecule has 0 spiro atoms. The Bertz CT molecular complexity index is 1140. The molecule has 1 unspecified atom stereocenters. The monoisotopic (exact) mass is 445 g/mol. The number of nitrogens with zero attached hydrogens (tertiary/aromatic N) is 2. The normalized spacial score (nSPS) is 13.9. The Kier molecular flexibility index (Phi) is 5.37. The number of anilines is 1. The highest BCUT2D eigenvalue weighted by atomic mass is 19.4. The van der Waals surface area contributed by atoms with Gasteiger partial charge in [0.15, 0.2) is 5.69 Å². The number of aromatic nitrogens is 2. The van der Waals surface area contributed by atoms with Crippen molar-refractivity contribution in [2.75, 3.05) is 11.9 Å². The van der Waals surface area contributed by atoms with Crippen LogP contribution in [0.2, 0.25) is 0 Å². The first-order chi connectivity index (χ1) is 15.2. The fraction of sp³-hybridized carbons (Fsp3) is 0.227. The summed E-state index contributed by atoms with van der Waals surface area (Å²) in [6, 6.07) is 13.9.